The van der Waals surface area contributed by atoms with Gasteiger partial charge in [0.1, 0.15) is 5.69 Å². The summed E-state index contributed by atoms with van der Waals surface area (Å²) in [6.07, 6.45) is 2.50. The molecule has 2 aromatic rings. The molecule has 0 spiro atoms. The molecule has 0 fully saturated rings. The molecule has 1 N–H and O–H groups in total. The van der Waals surface area contributed by atoms with Crippen molar-refractivity contribution in [2.45, 2.75) is 25.8 Å². The number of benzene rings is 1. The van der Waals surface area contributed by atoms with E-state index in [0.29, 0.717) is 12.2 Å². The minimum absolute atomic E-state index is 0.0934. The third kappa shape index (κ3) is 2.01. The molecule has 1 aromatic carbocycles. The van der Waals surface area contributed by atoms with Crippen LogP contribution in [0.4, 0.5) is 5.69 Å². The Morgan fingerprint density at radius 3 is 3.16 bits per heavy atom. The van der Waals surface area contributed by atoms with Crippen molar-refractivity contribution in [1.82, 2.24) is 15.0 Å². The Bertz CT molecular complexity index is 605. The van der Waals surface area contributed by atoms with E-state index in [1.165, 1.54) is 0 Å². The number of anilines is 1. The van der Waals surface area contributed by atoms with Crippen LogP contribution in [-0.2, 0) is 6.54 Å². The first-order valence-electron chi connectivity index (χ1n) is 6.56. The van der Waals surface area contributed by atoms with E-state index in [1.54, 1.807) is 10.9 Å². The molecule has 1 aromatic heterocycles. The highest BCUT2D eigenvalue weighted by atomic mass is 16.1. The van der Waals surface area contributed by atoms with Gasteiger partial charge in [0.25, 0.3) is 0 Å². The van der Waals surface area contributed by atoms with E-state index in [-0.39, 0.29) is 11.7 Å². The Balaban J connectivity index is 1.91. The molecule has 0 radical (unpaired) electrons. The van der Waals surface area contributed by atoms with Gasteiger partial charge in [-0.15, -0.1) is 5.10 Å². The van der Waals surface area contributed by atoms with Crippen molar-refractivity contribution in [3.63, 3.8) is 0 Å². The summed E-state index contributed by atoms with van der Waals surface area (Å²) in [6, 6.07) is 7.95. The van der Waals surface area contributed by atoms with E-state index < -0.39 is 0 Å². The summed E-state index contributed by atoms with van der Waals surface area (Å²) in [5.74, 6) is -0.0405. The Morgan fingerprint density at radius 1 is 1.47 bits per heavy atom. The molecule has 98 valence electrons. The lowest BCUT2D eigenvalue weighted by Crippen LogP contribution is -2.19. The zero-order valence-electron chi connectivity index (χ0n) is 10.8. The second-order valence-corrected chi connectivity index (χ2v) is 4.73. The number of nitrogens with one attached hydrogen (secondary N) is 1. The number of fused-ring (bicyclic) bond motifs is 1. The fourth-order valence-electron chi connectivity index (χ4n) is 2.52. The lowest BCUT2D eigenvalue weighted by Gasteiger charge is -2.09. The zero-order valence-corrected chi connectivity index (χ0v) is 10.8. The van der Waals surface area contributed by atoms with Crippen molar-refractivity contribution in [3.8, 4) is 0 Å². The maximum atomic E-state index is 12.6. The molecule has 5 nitrogen and oxygen atoms in total. The highest BCUT2D eigenvalue weighted by molar-refractivity contribution is 6.01. The van der Waals surface area contributed by atoms with E-state index in [9.17, 15) is 4.79 Å². The van der Waals surface area contributed by atoms with E-state index in [0.717, 1.165) is 24.2 Å². The van der Waals surface area contributed by atoms with Crippen LogP contribution in [0.3, 0.4) is 0 Å². The van der Waals surface area contributed by atoms with Gasteiger partial charge in [0, 0.05) is 18.8 Å². The summed E-state index contributed by atoms with van der Waals surface area (Å²) in [5.41, 5.74) is 2.72. The maximum absolute atomic E-state index is 12.6. The standard InChI is InChI=1S/C14H16N4O/c1-2-7-18-13(9-16-17-18)14(19)11-8-15-12-6-4-3-5-10(11)12/h3-6,9,11,15H,2,7-8H2,1H3. The molecule has 1 unspecified atom stereocenters. The Hall–Kier alpha value is -2.17. The minimum Gasteiger partial charge on any atom is -0.384 e. The topological polar surface area (TPSA) is 59.8 Å². The van der Waals surface area contributed by atoms with Gasteiger partial charge in [-0.2, -0.15) is 0 Å². The fraction of sp³-hybridized carbons (Fsp3) is 0.357. The Labute approximate surface area is 111 Å². The smallest absolute Gasteiger partial charge is 0.191 e. The first kappa shape index (κ1) is 11.9. The molecule has 3 rings (SSSR count). The summed E-state index contributed by atoms with van der Waals surface area (Å²) < 4.78 is 1.70. The van der Waals surface area contributed by atoms with E-state index in [2.05, 4.69) is 22.6 Å². The van der Waals surface area contributed by atoms with Gasteiger partial charge in [-0.05, 0) is 18.1 Å². The second-order valence-electron chi connectivity index (χ2n) is 4.73. The van der Waals surface area contributed by atoms with Crippen LogP contribution in [0.1, 0.15) is 35.3 Å². The first-order chi connectivity index (χ1) is 9.31. The van der Waals surface area contributed by atoms with Gasteiger partial charge in [-0.25, -0.2) is 4.68 Å². The monoisotopic (exact) mass is 256 g/mol. The van der Waals surface area contributed by atoms with Crippen LogP contribution in [0.2, 0.25) is 0 Å². The summed E-state index contributed by atoms with van der Waals surface area (Å²) in [5, 5.41) is 11.1. The van der Waals surface area contributed by atoms with Crippen LogP contribution in [0.25, 0.3) is 0 Å². The van der Waals surface area contributed by atoms with Crippen molar-refractivity contribution in [2.24, 2.45) is 0 Å². The fourth-order valence-corrected chi connectivity index (χ4v) is 2.52. The molecule has 1 aliphatic rings. The highest BCUT2D eigenvalue weighted by Gasteiger charge is 2.30. The molecule has 1 aliphatic heterocycles. The summed E-state index contributed by atoms with van der Waals surface area (Å²) in [7, 11) is 0. The van der Waals surface area contributed by atoms with Crippen LogP contribution in [-0.4, -0.2) is 27.3 Å². The SMILES string of the molecule is CCCn1nncc1C(=O)C1CNc2ccccc21. The molecular formula is C14H16N4O. The number of Topliss-reactive ketones (excluding diaryl/α,β-unsaturated/α-hetero) is 1. The third-order valence-electron chi connectivity index (χ3n) is 3.45. The quantitative estimate of drug-likeness (QED) is 0.851. The second kappa shape index (κ2) is 4.84. The average Bonchev–Trinajstić information content (AvgIpc) is 3.04. The average molecular weight is 256 g/mol. The number of carbonyl (C=O) groups is 1. The lowest BCUT2D eigenvalue weighted by molar-refractivity contribution is 0.0955. The highest BCUT2D eigenvalue weighted by Crippen LogP contribution is 2.33. The summed E-state index contributed by atoms with van der Waals surface area (Å²) in [4.78, 5) is 12.6. The van der Waals surface area contributed by atoms with E-state index >= 15 is 0 Å². The van der Waals surface area contributed by atoms with Gasteiger partial charge in [0.05, 0.1) is 12.1 Å². The zero-order chi connectivity index (χ0) is 13.2. The number of rotatable bonds is 4. The molecular weight excluding hydrogens is 240 g/mol. The van der Waals surface area contributed by atoms with Crippen LogP contribution in [0, 0.1) is 0 Å². The number of aryl methyl sites for hydroxylation is 1. The molecule has 0 amide bonds. The minimum atomic E-state index is -0.134. The van der Waals surface area contributed by atoms with Gasteiger partial charge in [-0.1, -0.05) is 30.3 Å². The Morgan fingerprint density at radius 2 is 2.32 bits per heavy atom. The van der Waals surface area contributed by atoms with Gasteiger partial charge < -0.3 is 5.32 Å². The lowest BCUT2D eigenvalue weighted by atomic mass is 9.95. The van der Waals surface area contributed by atoms with E-state index in [1.807, 2.05) is 24.3 Å². The first-order valence-corrected chi connectivity index (χ1v) is 6.56. The predicted molar refractivity (Wildman–Crippen MR) is 72.3 cm³/mol. The van der Waals surface area contributed by atoms with Gasteiger partial charge in [-0.3, -0.25) is 4.79 Å². The number of hydrogen-bond acceptors (Lipinski definition) is 4. The predicted octanol–water partition coefficient (Wildman–Crippen LogP) is 2.08. The van der Waals surface area contributed by atoms with E-state index in [4.69, 9.17) is 0 Å². The molecule has 0 aliphatic carbocycles. The summed E-state index contributed by atoms with van der Waals surface area (Å²) in [6.45, 7) is 3.43. The molecule has 5 heteroatoms. The van der Waals surface area contributed by atoms with Gasteiger partial charge in [0.2, 0.25) is 0 Å². The van der Waals surface area contributed by atoms with Crippen molar-refractivity contribution in [1.29, 1.82) is 0 Å². The van der Waals surface area contributed by atoms with Crippen LogP contribution >= 0.6 is 0 Å². The maximum Gasteiger partial charge on any atom is 0.191 e. The number of aromatic nitrogens is 3. The van der Waals surface area contributed by atoms with Crippen molar-refractivity contribution in [3.05, 3.63) is 41.7 Å². The number of ketones is 1. The molecule has 1 atom stereocenters. The number of carbonyl (C=O) groups excluding carboxylic acids is 1. The number of nitrogens with zero attached hydrogens (tertiary/aromatic N) is 3. The van der Waals surface area contributed by atoms with Crippen molar-refractivity contribution >= 4 is 11.5 Å². The number of hydrogen-bond donors (Lipinski definition) is 1. The van der Waals surface area contributed by atoms with Crippen LogP contribution in [0.5, 0.6) is 0 Å². The number of para-hydroxylation sites is 1. The van der Waals surface area contributed by atoms with Crippen LogP contribution in [0.15, 0.2) is 30.5 Å². The van der Waals surface area contributed by atoms with Crippen molar-refractivity contribution < 1.29 is 4.79 Å². The van der Waals surface area contributed by atoms with Crippen molar-refractivity contribution in [2.75, 3.05) is 11.9 Å². The summed E-state index contributed by atoms with van der Waals surface area (Å²) >= 11 is 0. The molecule has 0 saturated carbocycles. The molecule has 19 heavy (non-hydrogen) atoms. The molecule has 0 bridgehead atoms. The normalized spacial score (nSPS) is 17.0. The van der Waals surface area contributed by atoms with Crippen LogP contribution < -0.4 is 5.32 Å². The van der Waals surface area contributed by atoms with Gasteiger partial charge >= 0.3 is 0 Å². The largest absolute Gasteiger partial charge is 0.384 e. The Kier molecular flexibility index (Phi) is 3.03. The molecule has 2 heterocycles. The third-order valence-corrected chi connectivity index (χ3v) is 3.45. The molecule has 0 saturated heterocycles. The van der Waals surface area contributed by atoms with Gasteiger partial charge in [0.15, 0.2) is 5.78 Å².